The van der Waals surface area contributed by atoms with Crippen LogP contribution >= 0.6 is 0 Å². The van der Waals surface area contributed by atoms with E-state index in [1.165, 1.54) is 31.1 Å². The molecule has 7 nitrogen and oxygen atoms in total. The number of benzene rings is 3. The number of halogens is 2. The Bertz CT molecular complexity index is 1410. The summed E-state index contributed by atoms with van der Waals surface area (Å²) in [5, 5.41) is 0. The molecule has 0 bridgehead atoms. The van der Waals surface area contributed by atoms with Gasteiger partial charge in [-0.15, -0.1) is 0 Å². The van der Waals surface area contributed by atoms with Gasteiger partial charge in [0.1, 0.15) is 12.4 Å². The molecule has 2 aliphatic rings. The summed E-state index contributed by atoms with van der Waals surface area (Å²) in [6, 6.07) is 19.4. The third kappa shape index (κ3) is 8.42. The molecule has 1 saturated heterocycles. The first-order chi connectivity index (χ1) is 21.4. The minimum atomic E-state index is -1.03. The Balaban J connectivity index is 1.40. The second kappa shape index (κ2) is 15.3. The largest absolute Gasteiger partial charge is 0.492 e. The van der Waals surface area contributed by atoms with Gasteiger partial charge in [-0.2, -0.15) is 0 Å². The monoisotopic (exact) mass is 604 g/mol. The fourth-order valence-corrected chi connectivity index (χ4v) is 6.06. The van der Waals surface area contributed by atoms with E-state index in [0.29, 0.717) is 68.3 Å². The fourth-order valence-electron chi connectivity index (χ4n) is 6.06. The van der Waals surface area contributed by atoms with Gasteiger partial charge in [-0.1, -0.05) is 42.8 Å². The lowest BCUT2D eigenvalue weighted by Gasteiger charge is -2.28. The van der Waals surface area contributed by atoms with Crippen molar-refractivity contribution in [2.45, 2.75) is 45.7 Å². The zero-order valence-electron chi connectivity index (χ0n) is 25.5. The molecule has 234 valence electrons. The number of piperidine rings is 1. The van der Waals surface area contributed by atoms with Crippen LogP contribution in [0.4, 0.5) is 14.5 Å². The maximum Gasteiger partial charge on any atom is 0.254 e. The molecule has 0 saturated carbocycles. The highest BCUT2D eigenvalue weighted by molar-refractivity contribution is 5.95. The summed E-state index contributed by atoms with van der Waals surface area (Å²) in [4.78, 5) is 34.6. The summed E-state index contributed by atoms with van der Waals surface area (Å²) >= 11 is 0. The molecular formula is C35H42F2N4O3. The lowest BCUT2D eigenvalue weighted by atomic mass is 10.1. The van der Waals surface area contributed by atoms with E-state index < -0.39 is 11.6 Å². The van der Waals surface area contributed by atoms with Gasteiger partial charge < -0.3 is 14.5 Å². The quantitative estimate of drug-likeness (QED) is 0.345. The van der Waals surface area contributed by atoms with Crippen LogP contribution in [0.3, 0.4) is 0 Å². The van der Waals surface area contributed by atoms with Gasteiger partial charge in [0.2, 0.25) is 5.91 Å². The summed E-state index contributed by atoms with van der Waals surface area (Å²) in [6.45, 7) is 7.64. The van der Waals surface area contributed by atoms with Crippen LogP contribution in [0.15, 0.2) is 66.7 Å². The van der Waals surface area contributed by atoms with Gasteiger partial charge in [0.25, 0.3) is 5.91 Å². The molecule has 2 amide bonds. The Hall–Kier alpha value is -3.82. The van der Waals surface area contributed by atoms with Crippen LogP contribution in [-0.4, -0.2) is 78.9 Å². The van der Waals surface area contributed by atoms with Crippen molar-refractivity contribution < 1.29 is 23.1 Å². The number of likely N-dealkylation sites (tertiary alicyclic amines) is 1. The fraction of sp³-hybridized carbons (Fsp3) is 0.429. The summed E-state index contributed by atoms with van der Waals surface area (Å²) in [7, 11) is 0. The lowest BCUT2D eigenvalue weighted by Crippen LogP contribution is -2.38. The number of rotatable bonds is 7. The highest BCUT2D eigenvalue weighted by atomic mass is 19.2. The second-order valence-corrected chi connectivity index (χ2v) is 11.7. The standard InChI is InChI=1S/C35H42F2N4O3/c1-27(42)41-17-9-16-39(25-28-10-4-2-5-11-28)18-19-40(26-30-23-32(36)33(37)24-34(30)41)35(43)29-12-8-13-31(22-29)44-21-20-38-14-6-3-7-15-38/h2,4-5,8,10-13,22-24H,3,6-7,9,14-21,25-26H2,1H3. The van der Waals surface area contributed by atoms with Crippen molar-refractivity contribution in [3.05, 3.63) is 95.1 Å². The van der Waals surface area contributed by atoms with Crippen LogP contribution in [0, 0.1) is 11.6 Å². The molecule has 3 aromatic rings. The average Bonchev–Trinajstić information content (AvgIpc) is 3.06. The molecule has 9 heteroatoms. The van der Waals surface area contributed by atoms with Crippen LogP contribution < -0.4 is 9.64 Å². The first-order valence-electron chi connectivity index (χ1n) is 15.6. The number of fused-ring (bicyclic) bond motifs is 1. The third-order valence-corrected chi connectivity index (χ3v) is 8.44. The molecule has 0 spiro atoms. The minimum Gasteiger partial charge on any atom is -0.492 e. The number of anilines is 1. The van der Waals surface area contributed by atoms with Gasteiger partial charge in [0, 0.05) is 64.4 Å². The molecule has 0 N–H and O–H groups in total. The van der Waals surface area contributed by atoms with Crippen molar-refractivity contribution in [1.29, 1.82) is 0 Å². The van der Waals surface area contributed by atoms with Crippen molar-refractivity contribution in [3.63, 3.8) is 0 Å². The molecule has 0 radical (unpaired) electrons. The predicted molar refractivity (Wildman–Crippen MR) is 168 cm³/mol. The van der Waals surface area contributed by atoms with Crippen LogP contribution in [-0.2, 0) is 17.9 Å². The van der Waals surface area contributed by atoms with Gasteiger partial charge in [-0.25, -0.2) is 8.78 Å². The SMILES string of the molecule is CC(=O)N1CCCN(Cc2ccccc2)CCN(C(=O)c2cccc(OCCN3CCCCC3)c2)Cc2cc(F)c(F)cc21. The van der Waals surface area contributed by atoms with Crippen LogP contribution in [0.5, 0.6) is 5.75 Å². The Labute approximate surface area is 259 Å². The molecule has 0 unspecified atom stereocenters. The maximum atomic E-state index is 14.6. The van der Waals surface area contributed by atoms with E-state index in [1.54, 1.807) is 23.1 Å². The number of amides is 2. The van der Waals surface area contributed by atoms with Crippen molar-refractivity contribution in [2.75, 3.05) is 57.3 Å². The van der Waals surface area contributed by atoms with Crippen LogP contribution in [0.2, 0.25) is 0 Å². The smallest absolute Gasteiger partial charge is 0.254 e. The van der Waals surface area contributed by atoms with Crippen LogP contribution in [0.25, 0.3) is 0 Å². The minimum absolute atomic E-state index is 0.0222. The van der Waals surface area contributed by atoms with Crippen molar-refractivity contribution in [3.8, 4) is 5.75 Å². The van der Waals surface area contributed by atoms with E-state index in [1.807, 2.05) is 24.3 Å². The second-order valence-electron chi connectivity index (χ2n) is 11.7. The average molecular weight is 605 g/mol. The summed E-state index contributed by atoms with van der Waals surface area (Å²) in [5.74, 6) is -1.92. The molecule has 2 heterocycles. The highest BCUT2D eigenvalue weighted by Gasteiger charge is 2.25. The first-order valence-corrected chi connectivity index (χ1v) is 15.6. The Morgan fingerprint density at radius 3 is 2.30 bits per heavy atom. The van der Waals surface area contributed by atoms with Crippen molar-refractivity contribution >= 4 is 17.5 Å². The van der Waals surface area contributed by atoms with Gasteiger partial charge >= 0.3 is 0 Å². The summed E-state index contributed by atoms with van der Waals surface area (Å²) < 4.78 is 35.1. The molecule has 1 fully saturated rings. The normalized spacial score (nSPS) is 17.1. The number of nitrogens with zero attached hydrogens (tertiary/aromatic N) is 4. The number of ether oxygens (including phenoxy) is 1. The molecule has 2 aliphatic heterocycles. The Kier molecular flexibility index (Phi) is 11.0. The number of hydrogen-bond acceptors (Lipinski definition) is 5. The van der Waals surface area contributed by atoms with E-state index in [0.717, 1.165) is 37.3 Å². The van der Waals surface area contributed by atoms with Gasteiger partial charge in [0.15, 0.2) is 11.6 Å². The maximum absolute atomic E-state index is 14.6. The van der Waals surface area contributed by atoms with E-state index in [9.17, 15) is 18.4 Å². The van der Waals surface area contributed by atoms with Crippen molar-refractivity contribution in [1.82, 2.24) is 14.7 Å². The topological polar surface area (TPSA) is 56.3 Å². The zero-order valence-corrected chi connectivity index (χ0v) is 25.5. The number of hydrogen-bond donors (Lipinski definition) is 0. The van der Waals surface area contributed by atoms with Gasteiger partial charge in [0.05, 0.1) is 5.69 Å². The molecule has 0 aromatic heterocycles. The van der Waals surface area contributed by atoms with E-state index in [2.05, 4.69) is 21.9 Å². The Morgan fingerprint density at radius 1 is 0.773 bits per heavy atom. The molecule has 0 aliphatic carbocycles. The molecule has 44 heavy (non-hydrogen) atoms. The molecule has 0 atom stereocenters. The Morgan fingerprint density at radius 2 is 1.52 bits per heavy atom. The van der Waals surface area contributed by atoms with Crippen molar-refractivity contribution in [2.24, 2.45) is 0 Å². The molecule has 3 aromatic carbocycles. The zero-order chi connectivity index (χ0) is 30.9. The van der Waals surface area contributed by atoms with Gasteiger partial charge in [-0.3, -0.25) is 19.4 Å². The van der Waals surface area contributed by atoms with E-state index >= 15 is 0 Å². The molecule has 5 rings (SSSR count). The van der Waals surface area contributed by atoms with Crippen LogP contribution in [0.1, 0.15) is 54.1 Å². The summed E-state index contributed by atoms with van der Waals surface area (Å²) in [5.41, 5.74) is 2.28. The third-order valence-electron chi connectivity index (χ3n) is 8.44. The number of carbonyl (C=O) groups is 2. The number of carbonyl (C=O) groups excluding carboxylic acids is 2. The highest BCUT2D eigenvalue weighted by Crippen LogP contribution is 2.28. The first kappa shape index (κ1) is 31.6. The van der Waals surface area contributed by atoms with Gasteiger partial charge in [-0.05, 0) is 67.7 Å². The predicted octanol–water partition coefficient (Wildman–Crippen LogP) is 5.73. The summed E-state index contributed by atoms with van der Waals surface area (Å²) in [6.07, 6.45) is 4.34. The van der Waals surface area contributed by atoms with E-state index in [-0.39, 0.29) is 18.4 Å². The van der Waals surface area contributed by atoms with E-state index in [4.69, 9.17) is 4.74 Å². The lowest BCUT2D eigenvalue weighted by molar-refractivity contribution is -0.116. The molecular weight excluding hydrogens is 562 g/mol.